The average molecular weight is 311 g/mol. The topological polar surface area (TPSA) is 35.5 Å². The van der Waals surface area contributed by atoms with Crippen molar-refractivity contribution in [3.63, 3.8) is 0 Å². The first-order chi connectivity index (χ1) is 9.65. The molecule has 2 rings (SSSR count). The molecule has 0 aliphatic rings. The molecule has 0 N–H and O–H groups in total. The Balaban J connectivity index is 2.25. The molecule has 104 valence electrons. The predicted molar refractivity (Wildman–Crippen MR) is 79.2 cm³/mol. The average Bonchev–Trinajstić information content (AvgIpc) is 2.46. The van der Waals surface area contributed by atoms with Crippen molar-refractivity contribution < 1.29 is 14.3 Å². The number of aldehydes is 1. The number of rotatable bonds is 5. The first-order valence-corrected chi connectivity index (χ1v) is 6.60. The highest BCUT2D eigenvalue weighted by molar-refractivity contribution is 6.32. The van der Waals surface area contributed by atoms with Gasteiger partial charge >= 0.3 is 0 Å². The summed E-state index contributed by atoms with van der Waals surface area (Å²) in [6, 6.07) is 10.2. The van der Waals surface area contributed by atoms with Gasteiger partial charge in [-0.3, -0.25) is 4.79 Å². The molecule has 0 amide bonds. The molecule has 2 aromatic rings. The number of carbonyl (C=O) groups excluding carboxylic acids is 1. The third-order valence-electron chi connectivity index (χ3n) is 2.74. The second-order valence-electron chi connectivity index (χ2n) is 4.02. The van der Waals surface area contributed by atoms with Crippen LogP contribution in [0, 0.1) is 0 Å². The SMILES string of the molecule is COc1ccc(Cl)cc1COc1c(Cl)cccc1C=O. The summed E-state index contributed by atoms with van der Waals surface area (Å²) >= 11 is 12.0. The number of methoxy groups -OCH3 is 1. The van der Waals surface area contributed by atoms with Crippen molar-refractivity contribution in [3.8, 4) is 11.5 Å². The third kappa shape index (κ3) is 3.24. The van der Waals surface area contributed by atoms with E-state index in [4.69, 9.17) is 32.7 Å². The van der Waals surface area contributed by atoms with Gasteiger partial charge in [0.25, 0.3) is 0 Å². The van der Waals surface area contributed by atoms with Gasteiger partial charge < -0.3 is 9.47 Å². The molecule has 2 aromatic carbocycles. The van der Waals surface area contributed by atoms with E-state index in [9.17, 15) is 4.79 Å². The fourth-order valence-corrected chi connectivity index (χ4v) is 2.21. The Morgan fingerprint density at radius 2 is 2.00 bits per heavy atom. The summed E-state index contributed by atoms with van der Waals surface area (Å²) < 4.78 is 10.9. The van der Waals surface area contributed by atoms with Crippen LogP contribution in [0.5, 0.6) is 11.5 Å². The highest BCUT2D eigenvalue weighted by Crippen LogP contribution is 2.30. The maximum Gasteiger partial charge on any atom is 0.153 e. The second-order valence-corrected chi connectivity index (χ2v) is 4.86. The summed E-state index contributed by atoms with van der Waals surface area (Å²) in [6.45, 7) is 0.203. The van der Waals surface area contributed by atoms with Crippen molar-refractivity contribution in [2.24, 2.45) is 0 Å². The summed E-state index contributed by atoms with van der Waals surface area (Å²) in [5.74, 6) is 1.01. The number of hydrogen-bond acceptors (Lipinski definition) is 3. The number of benzene rings is 2. The molecular weight excluding hydrogens is 299 g/mol. The van der Waals surface area contributed by atoms with Crippen molar-refractivity contribution in [1.82, 2.24) is 0 Å². The van der Waals surface area contributed by atoms with Crippen molar-refractivity contribution in [2.75, 3.05) is 7.11 Å². The monoisotopic (exact) mass is 310 g/mol. The van der Waals surface area contributed by atoms with E-state index in [1.165, 1.54) is 0 Å². The van der Waals surface area contributed by atoms with Crippen LogP contribution >= 0.6 is 23.2 Å². The Morgan fingerprint density at radius 1 is 1.20 bits per heavy atom. The van der Waals surface area contributed by atoms with Gasteiger partial charge in [-0.25, -0.2) is 0 Å². The standard InChI is InChI=1S/C15H12Cl2O3/c1-19-14-6-5-12(16)7-11(14)9-20-15-10(8-18)3-2-4-13(15)17/h2-8H,9H2,1H3. The van der Waals surface area contributed by atoms with Crippen molar-refractivity contribution in [1.29, 1.82) is 0 Å². The molecule has 0 bridgehead atoms. The zero-order valence-corrected chi connectivity index (χ0v) is 12.2. The molecule has 5 heteroatoms. The molecule has 20 heavy (non-hydrogen) atoms. The summed E-state index contributed by atoms with van der Waals surface area (Å²) in [7, 11) is 1.57. The van der Waals surface area contributed by atoms with E-state index in [1.54, 1.807) is 43.5 Å². The predicted octanol–water partition coefficient (Wildman–Crippen LogP) is 4.39. The molecule has 0 saturated carbocycles. The molecule has 0 heterocycles. The molecule has 0 unspecified atom stereocenters. The molecule has 0 spiro atoms. The van der Waals surface area contributed by atoms with E-state index in [0.29, 0.717) is 33.4 Å². The van der Waals surface area contributed by atoms with Crippen LogP contribution in [-0.4, -0.2) is 13.4 Å². The molecule has 0 fully saturated rings. The largest absolute Gasteiger partial charge is 0.496 e. The molecule has 0 aliphatic carbocycles. The minimum Gasteiger partial charge on any atom is -0.496 e. The maximum absolute atomic E-state index is 11.0. The van der Waals surface area contributed by atoms with Gasteiger partial charge in [0.05, 0.1) is 17.7 Å². The fraction of sp³-hybridized carbons (Fsp3) is 0.133. The van der Waals surface area contributed by atoms with Crippen LogP contribution in [0.3, 0.4) is 0 Å². The molecule has 0 saturated heterocycles. The van der Waals surface area contributed by atoms with Crippen molar-refractivity contribution in [2.45, 2.75) is 6.61 Å². The summed E-state index contributed by atoms with van der Waals surface area (Å²) in [5, 5.41) is 0.967. The molecule has 0 radical (unpaired) electrons. The van der Waals surface area contributed by atoms with Crippen LogP contribution in [-0.2, 0) is 6.61 Å². The van der Waals surface area contributed by atoms with Crippen molar-refractivity contribution in [3.05, 3.63) is 57.6 Å². The van der Waals surface area contributed by atoms with Gasteiger partial charge in [-0.1, -0.05) is 29.3 Å². The van der Waals surface area contributed by atoms with E-state index >= 15 is 0 Å². The number of carbonyl (C=O) groups is 1. The van der Waals surface area contributed by atoms with E-state index in [-0.39, 0.29) is 6.61 Å². The van der Waals surface area contributed by atoms with Gasteiger partial charge in [0.15, 0.2) is 6.29 Å². The third-order valence-corrected chi connectivity index (χ3v) is 3.27. The van der Waals surface area contributed by atoms with Crippen LogP contribution in [0.2, 0.25) is 10.0 Å². The Bertz CT molecular complexity index is 627. The highest BCUT2D eigenvalue weighted by Gasteiger charge is 2.10. The minimum atomic E-state index is 0.203. The zero-order valence-electron chi connectivity index (χ0n) is 10.7. The first kappa shape index (κ1) is 14.7. The van der Waals surface area contributed by atoms with E-state index in [2.05, 4.69) is 0 Å². The smallest absolute Gasteiger partial charge is 0.153 e. The highest BCUT2D eigenvalue weighted by atomic mass is 35.5. The second kappa shape index (κ2) is 6.64. The number of hydrogen-bond donors (Lipinski definition) is 0. The van der Waals surface area contributed by atoms with Gasteiger partial charge in [0.1, 0.15) is 18.1 Å². The Kier molecular flexibility index (Phi) is 4.88. The first-order valence-electron chi connectivity index (χ1n) is 5.84. The van der Waals surface area contributed by atoms with Crippen LogP contribution < -0.4 is 9.47 Å². The van der Waals surface area contributed by atoms with Crippen LogP contribution in [0.4, 0.5) is 0 Å². The van der Waals surface area contributed by atoms with Gasteiger partial charge in [0.2, 0.25) is 0 Å². The molecule has 0 aromatic heterocycles. The maximum atomic E-state index is 11.0. The summed E-state index contributed by atoms with van der Waals surface area (Å²) in [5.41, 5.74) is 1.18. The van der Waals surface area contributed by atoms with Gasteiger partial charge in [-0.15, -0.1) is 0 Å². The summed E-state index contributed by atoms with van der Waals surface area (Å²) in [4.78, 5) is 11.0. The quantitative estimate of drug-likeness (QED) is 0.768. The van der Waals surface area contributed by atoms with E-state index in [0.717, 1.165) is 5.56 Å². The van der Waals surface area contributed by atoms with Gasteiger partial charge in [-0.05, 0) is 30.3 Å². The lowest BCUT2D eigenvalue weighted by Gasteiger charge is -2.13. The molecular formula is C15H12Cl2O3. The molecule has 0 atom stereocenters. The lowest BCUT2D eigenvalue weighted by atomic mass is 10.2. The van der Waals surface area contributed by atoms with Gasteiger partial charge in [-0.2, -0.15) is 0 Å². The Labute approximate surface area is 127 Å². The Morgan fingerprint density at radius 3 is 2.70 bits per heavy atom. The van der Waals surface area contributed by atoms with Crippen molar-refractivity contribution >= 4 is 29.5 Å². The molecule has 0 aliphatic heterocycles. The molecule has 3 nitrogen and oxygen atoms in total. The van der Waals surface area contributed by atoms with E-state index < -0.39 is 0 Å². The number of ether oxygens (including phenoxy) is 2. The fourth-order valence-electron chi connectivity index (χ4n) is 1.78. The van der Waals surface area contributed by atoms with Crippen LogP contribution in [0.15, 0.2) is 36.4 Å². The van der Waals surface area contributed by atoms with E-state index in [1.807, 2.05) is 0 Å². The van der Waals surface area contributed by atoms with Gasteiger partial charge in [0, 0.05) is 10.6 Å². The minimum absolute atomic E-state index is 0.203. The summed E-state index contributed by atoms with van der Waals surface area (Å²) in [6.07, 6.45) is 0.705. The number of para-hydroxylation sites is 1. The number of halogens is 2. The lowest BCUT2D eigenvalue weighted by Crippen LogP contribution is -2.01. The van der Waals surface area contributed by atoms with Crippen LogP contribution in [0.1, 0.15) is 15.9 Å². The normalized spacial score (nSPS) is 10.2. The lowest BCUT2D eigenvalue weighted by molar-refractivity contribution is 0.111. The van der Waals surface area contributed by atoms with Crippen LogP contribution in [0.25, 0.3) is 0 Å². The zero-order chi connectivity index (χ0) is 14.5. The Hall–Kier alpha value is -1.71.